The van der Waals surface area contributed by atoms with Gasteiger partial charge in [-0.15, -0.1) is 0 Å². The molecule has 13 heavy (non-hydrogen) atoms. The molecular formula is C7H4F3NO2. The van der Waals surface area contributed by atoms with E-state index < -0.39 is 23.4 Å². The van der Waals surface area contributed by atoms with Crippen LogP contribution >= 0.6 is 0 Å². The van der Waals surface area contributed by atoms with E-state index in [1.54, 1.807) is 0 Å². The van der Waals surface area contributed by atoms with Gasteiger partial charge in [0.05, 0.1) is 0 Å². The molecule has 0 bridgehead atoms. The van der Waals surface area contributed by atoms with Gasteiger partial charge in [0.15, 0.2) is 11.5 Å². The third kappa shape index (κ3) is 1.61. The predicted octanol–water partition coefficient (Wildman–Crippen LogP) is 1.40. The summed E-state index contributed by atoms with van der Waals surface area (Å²) < 4.78 is 37.9. The molecule has 0 aliphatic carbocycles. The van der Waals surface area contributed by atoms with Crippen molar-refractivity contribution >= 4 is 5.97 Å². The highest BCUT2D eigenvalue weighted by Gasteiger charge is 2.44. The molecule has 1 aromatic heterocycles. The largest absolute Gasteiger partial charge is 0.476 e. The molecule has 3 nitrogen and oxygen atoms in total. The fourth-order valence-electron chi connectivity index (χ4n) is 0.718. The molecule has 0 spiro atoms. The number of hydrogen-bond acceptors (Lipinski definition) is 2. The van der Waals surface area contributed by atoms with Gasteiger partial charge in [0.1, 0.15) is 0 Å². The number of nitrogens with zero attached hydrogens (tertiary/aromatic N) is 1. The Morgan fingerprint density at radius 3 is 2.62 bits per heavy atom. The van der Waals surface area contributed by atoms with Crippen molar-refractivity contribution in [2.24, 2.45) is 0 Å². The molecule has 0 unspecified atom stereocenters. The van der Waals surface area contributed by atoms with Gasteiger partial charge in [-0.2, -0.15) is 8.78 Å². The van der Waals surface area contributed by atoms with Crippen LogP contribution in [-0.4, -0.2) is 16.1 Å². The molecule has 0 atom stereocenters. The van der Waals surface area contributed by atoms with E-state index in [1.807, 2.05) is 0 Å². The van der Waals surface area contributed by atoms with Gasteiger partial charge in [-0.1, -0.05) is 0 Å². The molecule has 1 rings (SSSR count). The van der Waals surface area contributed by atoms with Crippen molar-refractivity contribution in [1.82, 2.24) is 4.98 Å². The predicted molar refractivity (Wildman–Crippen MR) is 35.7 cm³/mol. The molecule has 70 valence electrons. The second-order valence-corrected chi connectivity index (χ2v) is 2.21. The lowest BCUT2D eigenvalue weighted by molar-refractivity contribution is -0.167. The van der Waals surface area contributed by atoms with Crippen molar-refractivity contribution in [3.05, 3.63) is 29.8 Å². The van der Waals surface area contributed by atoms with E-state index in [9.17, 15) is 18.0 Å². The quantitative estimate of drug-likeness (QED) is 0.768. The van der Waals surface area contributed by atoms with Crippen LogP contribution in [0, 0.1) is 5.82 Å². The lowest BCUT2D eigenvalue weighted by atomic mass is 10.2. The van der Waals surface area contributed by atoms with Crippen molar-refractivity contribution < 1.29 is 23.1 Å². The first-order valence-corrected chi connectivity index (χ1v) is 3.18. The zero-order valence-corrected chi connectivity index (χ0v) is 6.17. The summed E-state index contributed by atoms with van der Waals surface area (Å²) in [7, 11) is 0. The Hall–Kier alpha value is -1.59. The number of carbonyl (C=O) groups is 1. The molecule has 0 radical (unpaired) electrons. The number of rotatable bonds is 2. The summed E-state index contributed by atoms with van der Waals surface area (Å²) in [5.41, 5.74) is -1.37. The average molecular weight is 191 g/mol. The number of carboxylic acids is 1. The van der Waals surface area contributed by atoms with E-state index in [1.165, 1.54) is 0 Å². The minimum Gasteiger partial charge on any atom is -0.476 e. The van der Waals surface area contributed by atoms with Crippen LogP contribution in [-0.2, 0) is 10.7 Å². The lowest BCUT2D eigenvalue weighted by Crippen LogP contribution is -2.27. The average Bonchev–Trinajstić information content (AvgIpc) is 2.04. The van der Waals surface area contributed by atoms with Crippen LogP contribution in [0.3, 0.4) is 0 Å². The molecule has 0 saturated carbocycles. The minimum atomic E-state index is -4.29. The first-order valence-electron chi connectivity index (χ1n) is 3.18. The first-order chi connectivity index (χ1) is 5.96. The number of carboxylic acid groups (broad SMARTS) is 1. The molecular weight excluding hydrogens is 187 g/mol. The van der Waals surface area contributed by atoms with Gasteiger partial charge in [-0.05, 0) is 12.1 Å². The van der Waals surface area contributed by atoms with E-state index in [-0.39, 0.29) is 0 Å². The van der Waals surface area contributed by atoms with Crippen molar-refractivity contribution in [2.45, 2.75) is 5.92 Å². The summed E-state index contributed by atoms with van der Waals surface area (Å²) >= 11 is 0. The maximum absolute atomic E-state index is 12.6. The maximum atomic E-state index is 12.6. The third-order valence-electron chi connectivity index (χ3n) is 1.32. The van der Waals surface area contributed by atoms with E-state index in [4.69, 9.17) is 5.11 Å². The van der Waals surface area contributed by atoms with Crippen LogP contribution in [0.4, 0.5) is 13.2 Å². The summed E-state index contributed by atoms with van der Waals surface area (Å²) in [4.78, 5) is 13.0. The van der Waals surface area contributed by atoms with Crippen LogP contribution in [0.1, 0.15) is 5.69 Å². The standard InChI is InChI=1S/C7H4F3NO2/c8-4-2-1-3-11-5(4)7(9,10)6(12)13/h1-3H,(H,12,13). The second-order valence-electron chi connectivity index (χ2n) is 2.21. The van der Waals surface area contributed by atoms with Gasteiger partial charge in [-0.25, -0.2) is 9.18 Å². The molecule has 0 fully saturated rings. The first kappa shape index (κ1) is 9.50. The van der Waals surface area contributed by atoms with Gasteiger partial charge >= 0.3 is 11.9 Å². The molecule has 0 amide bonds. The lowest BCUT2D eigenvalue weighted by Gasteiger charge is -2.09. The van der Waals surface area contributed by atoms with Crippen LogP contribution in [0.2, 0.25) is 0 Å². The van der Waals surface area contributed by atoms with Gasteiger partial charge in [-0.3, -0.25) is 4.98 Å². The highest BCUT2D eigenvalue weighted by Crippen LogP contribution is 2.27. The molecule has 0 saturated heterocycles. The number of aromatic nitrogens is 1. The smallest absolute Gasteiger partial charge is 0.387 e. The van der Waals surface area contributed by atoms with E-state index in [0.717, 1.165) is 18.3 Å². The Balaban J connectivity index is 3.22. The van der Waals surface area contributed by atoms with Gasteiger partial charge in [0, 0.05) is 6.20 Å². The molecule has 6 heteroatoms. The van der Waals surface area contributed by atoms with E-state index in [0.29, 0.717) is 0 Å². The van der Waals surface area contributed by atoms with E-state index in [2.05, 4.69) is 4.98 Å². The Morgan fingerprint density at radius 2 is 2.15 bits per heavy atom. The summed E-state index contributed by atoms with van der Waals surface area (Å²) in [6, 6.07) is 1.82. The highest BCUT2D eigenvalue weighted by atomic mass is 19.3. The zero-order chi connectivity index (χ0) is 10.1. The minimum absolute atomic E-state index is 0.721. The van der Waals surface area contributed by atoms with E-state index >= 15 is 0 Å². The van der Waals surface area contributed by atoms with Crippen LogP contribution in [0.15, 0.2) is 18.3 Å². The summed E-state index contributed by atoms with van der Waals surface area (Å²) in [5.74, 6) is -8.05. The molecule has 0 aliphatic rings. The number of halogens is 3. The van der Waals surface area contributed by atoms with Crippen LogP contribution in [0.25, 0.3) is 0 Å². The number of pyridine rings is 1. The monoisotopic (exact) mass is 191 g/mol. The Kier molecular flexibility index (Phi) is 2.22. The van der Waals surface area contributed by atoms with Crippen molar-refractivity contribution in [2.75, 3.05) is 0 Å². The number of hydrogen-bond donors (Lipinski definition) is 1. The highest BCUT2D eigenvalue weighted by molar-refractivity contribution is 5.76. The van der Waals surface area contributed by atoms with Gasteiger partial charge in [0.2, 0.25) is 0 Å². The molecule has 0 aromatic carbocycles. The van der Waals surface area contributed by atoms with Crippen molar-refractivity contribution in [3.63, 3.8) is 0 Å². The van der Waals surface area contributed by atoms with Gasteiger partial charge < -0.3 is 5.11 Å². The fourth-order valence-corrected chi connectivity index (χ4v) is 0.718. The number of alkyl halides is 2. The van der Waals surface area contributed by atoms with Crippen molar-refractivity contribution in [1.29, 1.82) is 0 Å². The molecule has 1 N–H and O–H groups in total. The SMILES string of the molecule is O=C(O)C(F)(F)c1ncccc1F. The topological polar surface area (TPSA) is 50.2 Å². The fraction of sp³-hybridized carbons (Fsp3) is 0.143. The van der Waals surface area contributed by atoms with Crippen LogP contribution < -0.4 is 0 Å². The molecule has 0 aliphatic heterocycles. The summed E-state index contributed by atoms with van der Waals surface area (Å²) in [6.45, 7) is 0. The van der Waals surface area contributed by atoms with Crippen molar-refractivity contribution in [3.8, 4) is 0 Å². The number of aliphatic carboxylic acids is 1. The Labute approximate surface area is 70.8 Å². The second kappa shape index (κ2) is 3.04. The maximum Gasteiger partial charge on any atom is 0.387 e. The normalized spacial score (nSPS) is 11.3. The molecule has 1 heterocycles. The zero-order valence-electron chi connectivity index (χ0n) is 6.17. The third-order valence-corrected chi connectivity index (χ3v) is 1.32. The summed E-state index contributed by atoms with van der Waals surface area (Å²) in [5, 5.41) is 8.06. The molecule has 1 aromatic rings. The van der Waals surface area contributed by atoms with Crippen LogP contribution in [0.5, 0.6) is 0 Å². The summed E-state index contributed by atoms with van der Waals surface area (Å²) in [6.07, 6.45) is 0.898. The van der Waals surface area contributed by atoms with Gasteiger partial charge in [0.25, 0.3) is 0 Å². The Morgan fingerprint density at radius 1 is 1.54 bits per heavy atom. The Bertz CT molecular complexity index is 340.